The Balaban J connectivity index is 1.64. The second kappa shape index (κ2) is 6.88. The van der Waals surface area contributed by atoms with Crippen LogP contribution in [0.2, 0.25) is 0 Å². The minimum Gasteiger partial charge on any atom is -0.309 e. The Bertz CT molecular complexity index is 1130. The summed E-state index contributed by atoms with van der Waals surface area (Å²) < 4.78 is 0. The Morgan fingerprint density at radius 2 is 2.04 bits per heavy atom. The largest absolute Gasteiger partial charge is 0.309 e. The molecule has 0 saturated heterocycles. The van der Waals surface area contributed by atoms with Gasteiger partial charge in [0.15, 0.2) is 0 Å². The third-order valence-corrected chi connectivity index (χ3v) is 6.84. The summed E-state index contributed by atoms with van der Waals surface area (Å²) in [6, 6.07) is 4.01. The molecule has 4 rings (SSSR count). The van der Waals surface area contributed by atoms with Gasteiger partial charge in [0.05, 0.1) is 10.6 Å². The molecule has 0 radical (unpaired) electrons. The molecular formula is C18H19N5OS3. The lowest BCUT2D eigenvalue weighted by molar-refractivity contribution is 0.547. The van der Waals surface area contributed by atoms with Crippen molar-refractivity contribution in [3.63, 3.8) is 0 Å². The van der Waals surface area contributed by atoms with Crippen LogP contribution in [0.5, 0.6) is 0 Å². The fourth-order valence-electron chi connectivity index (χ4n) is 2.62. The average Bonchev–Trinajstić information content (AvgIpc) is 3.33. The molecule has 4 aromatic rings. The molecule has 1 atom stereocenters. The predicted molar refractivity (Wildman–Crippen MR) is 113 cm³/mol. The number of rotatable bonds is 4. The van der Waals surface area contributed by atoms with Gasteiger partial charge < -0.3 is 4.98 Å². The molecule has 0 aliphatic carbocycles. The lowest BCUT2D eigenvalue weighted by atomic mass is 9.96. The van der Waals surface area contributed by atoms with Crippen LogP contribution < -0.4 is 5.56 Å². The fourth-order valence-corrected chi connectivity index (χ4v) is 5.17. The minimum atomic E-state index is -0.0996. The molecule has 1 unspecified atom stereocenters. The van der Waals surface area contributed by atoms with Gasteiger partial charge in [-0.1, -0.05) is 38.6 Å². The molecule has 0 saturated carbocycles. The van der Waals surface area contributed by atoms with Gasteiger partial charge in [0, 0.05) is 21.2 Å². The first-order valence-electron chi connectivity index (χ1n) is 8.48. The normalized spacial score (nSPS) is 13.3. The highest BCUT2D eigenvalue weighted by molar-refractivity contribution is 7.99. The summed E-state index contributed by atoms with van der Waals surface area (Å²) >= 11 is 4.60. The summed E-state index contributed by atoms with van der Waals surface area (Å²) in [4.78, 5) is 26.8. The fraction of sp³-hybridized carbons (Fsp3) is 0.333. The smallest absolute Gasteiger partial charge is 0.260 e. The number of nitrogens with zero attached hydrogens (tertiary/aromatic N) is 3. The molecule has 4 aromatic heterocycles. The molecule has 0 fully saturated rings. The molecule has 0 aliphatic rings. The van der Waals surface area contributed by atoms with Crippen LogP contribution in [0.15, 0.2) is 32.8 Å². The predicted octanol–water partition coefficient (Wildman–Crippen LogP) is 4.98. The Kier molecular flexibility index (Phi) is 4.69. The van der Waals surface area contributed by atoms with E-state index >= 15 is 0 Å². The standard InChI is InChI=1S/C18H19N5OS3/c1-9(27-17-21-16(22-23-17)18(2,3)4)13-19-14(24)12-10(8-26-15(12)20-13)11-6-5-7-25-11/h5-9H,1-4H3,(H,19,20,24)(H,21,22,23). The van der Waals surface area contributed by atoms with Crippen LogP contribution in [-0.2, 0) is 5.41 Å². The molecule has 0 spiro atoms. The van der Waals surface area contributed by atoms with Crippen LogP contribution in [0.1, 0.15) is 44.6 Å². The Morgan fingerprint density at radius 1 is 1.22 bits per heavy atom. The van der Waals surface area contributed by atoms with E-state index in [1.165, 1.54) is 23.1 Å². The third-order valence-electron chi connectivity index (χ3n) is 4.09. The lowest BCUT2D eigenvalue weighted by Gasteiger charge is -2.13. The van der Waals surface area contributed by atoms with E-state index in [4.69, 9.17) is 4.98 Å². The maximum Gasteiger partial charge on any atom is 0.260 e. The molecule has 0 aliphatic heterocycles. The Morgan fingerprint density at radius 3 is 2.70 bits per heavy atom. The number of fused-ring (bicyclic) bond motifs is 1. The first kappa shape index (κ1) is 18.4. The Hall–Kier alpha value is -1.97. The molecular weight excluding hydrogens is 398 g/mol. The van der Waals surface area contributed by atoms with Crippen molar-refractivity contribution in [1.29, 1.82) is 0 Å². The van der Waals surface area contributed by atoms with E-state index < -0.39 is 0 Å². The van der Waals surface area contributed by atoms with E-state index in [9.17, 15) is 4.79 Å². The topological polar surface area (TPSA) is 87.3 Å². The van der Waals surface area contributed by atoms with E-state index in [-0.39, 0.29) is 16.2 Å². The molecule has 6 nitrogen and oxygen atoms in total. The monoisotopic (exact) mass is 417 g/mol. The minimum absolute atomic E-state index is 0.0713. The van der Waals surface area contributed by atoms with Gasteiger partial charge in [0.25, 0.3) is 5.56 Å². The van der Waals surface area contributed by atoms with Gasteiger partial charge in [-0.2, -0.15) is 0 Å². The van der Waals surface area contributed by atoms with Crippen LogP contribution in [0, 0.1) is 0 Å². The highest BCUT2D eigenvalue weighted by Gasteiger charge is 2.21. The second-order valence-electron chi connectivity index (χ2n) is 7.23. The summed E-state index contributed by atoms with van der Waals surface area (Å²) in [5.41, 5.74) is 0.766. The molecule has 0 amide bonds. The molecule has 0 bridgehead atoms. The molecule has 27 heavy (non-hydrogen) atoms. The van der Waals surface area contributed by atoms with Gasteiger partial charge in [-0.05, 0) is 18.4 Å². The molecule has 140 valence electrons. The summed E-state index contributed by atoms with van der Waals surface area (Å²) in [5.74, 6) is 1.48. The van der Waals surface area contributed by atoms with Gasteiger partial charge >= 0.3 is 0 Å². The van der Waals surface area contributed by atoms with Crippen molar-refractivity contribution in [3.05, 3.63) is 44.9 Å². The number of thioether (sulfide) groups is 1. The summed E-state index contributed by atoms with van der Waals surface area (Å²) in [5, 5.41) is 12.5. The van der Waals surface area contributed by atoms with E-state index in [0.717, 1.165) is 21.1 Å². The number of thiophene rings is 2. The first-order valence-corrected chi connectivity index (χ1v) is 11.1. The van der Waals surface area contributed by atoms with Crippen molar-refractivity contribution in [2.24, 2.45) is 0 Å². The number of aromatic amines is 2. The van der Waals surface area contributed by atoms with Crippen LogP contribution in [0.25, 0.3) is 20.7 Å². The molecule has 0 aromatic carbocycles. The SMILES string of the molecule is CC(Sc1n[nH]c(C(C)(C)C)n1)c1nc2scc(-c3cccs3)c2c(=O)[nH]1. The molecule has 9 heteroatoms. The maximum absolute atomic E-state index is 12.7. The first-order chi connectivity index (χ1) is 12.8. The highest BCUT2D eigenvalue weighted by atomic mass is 32.2. The van der Waals surface area contributed by atoms with Gasteiger partial charge in [-0.15, -0.1) is 27.8 Å². The average molecular weight is 418 g/mol. The highest BCUT2D eigenvalue weighted by Crippen LogP contribution is 2.36. The zero-order valence-electron chi connectivity index (χ0n) is 15.4. The molecule has 2 N–H and O–H groups in total. The zero-order valence-corrected chi connectivity index (χ0v) is 17.8. The summed E-state index contributed by atoms with van der Waals surface area (Å²) in [6.45, 7) is 8.25. The van der Waals surface area contributed by atoms with Gasteiger partial charge in [-0.25, -0.2) is 9.97 Å². The van der Waals surface area contributed by atoms with Gasteiger partial charge in [0.2, 0.25) is 5.16 Å². The van der Waals surface area contributed by atoms with E-state index in [1.807, 2.05) is 29.8 Å². The number of hydrogen-bond acceptors (Lipinski definition) is 7. The summed E-state index contributed by atoms with van der Waals surface area (Å²) in [6.07, 6.45) is 0. The number of nitrogens with one attached hydrogen (secondary N) is 2. The van der Waals surface area contributed by atoms with Crippen molar-refractivity contribution < 1.29 is 0 Å². The number of aromatic nitrogens is 5. The third kappa shape index (κ3) is 3.59. The van der Waals surface area contributed by atoms with Crippen molar-refractivity contribution in [1.82, 2.24) is 25.1 Å². The van der Waals surface area contributed by atoms with Gasteiger partial charge in [-0.3, -0.25) is 9.89 Å². The molecule has 4 heterocycles. The number of H-pyrrole nitrogens is 2. The van der Waals surface area contributed by atoms with Crippen molar-refractivity contribution in [3.8, 4) is 10.4 Å². The second-order valence-corrected chi connectivity index (χ2v) is 10.3. The van der Waals surface area contributed by atoms with E-state index in [1.54, 1.807) is 11.3 Å². The van der Waals surface area contributed by atoms with Gasteiger partial charge in [0.1, 0.15) is 16.5 Å². The number of hydrogen-bond donors (Lipinski definition) is 2. The zero-order chi connectivity index (χ0) is 19.2. The Labute approximate surface area is 168 Å². The van der Waals surface area contributed by atoms with Crippen molar-refractivity contribution in [2.45, 2.75) is 43.5 Å². The lowest BCUT2D eigenvalue weighted by Crippen LogP contribution is -2.13. The van der Waals surface area contributed by atoms with E-state index in [2.05, 4.69) is 40.9 Å². The van der Waals surface area contributed by atoms with Crippen LogP contribution >= 0.6 is 34.4 Å². The van der Waals surface area contributed by atoms with E-state index in [0.29, 0.717) is 16.4 Å². The van der Waals surface area contributed by atoms with Crippen LogP contribution in [0.4, 0.5) is 0 Å². The maximum atomic E-state index is 12.7. The van der Waals surface area contributed by atoms with Crippen LogP contribution in [0.3, 0.4) is 0 Å². The van der Waals surface area contributed by atoms with Crippen LogP contribution in [-0.4, -0.2) is 25.1 Å². The summed E-state index contributed by atoms with van der Waals surface area (Å²) in [7, 11) is 0. The quantitative estimate of drug-likeness (QED) is 0.457. The van der Waals surface area contributed by atoms with Crippen molar-refractivity contribution >= 4 is 44.7 Å². The van der Waals surface area contributed by atoms with Crippen molar-refractivity contribution in [2.75, 3.05) is 0 Å².